The maximum Gasteiger partial charge on any atom is 0.225 e. The van der Waals surface area contributed by atoms with Gasteiger partial charge in [0.15, 0.2) is 5.79 Å². The van der Waals surface area contributed by atoms with Gasteiger partial charge in [-0.1, -0.05) is 0 Å². The Balaban J connectivity index is 2.79. The first-order valence-corrected chi connectivity index (χ1v) is 7.20. The minimum atomic E-state index is -0.642. The van der Waals surface area contributed by atoms with Gasteiger partial charge in [-0.25, -0.2) is 0 Å². The molecule has 1 amide bonds. The minimum Gasteiger partial charge on any atom is -0.350 e. The molecule has 0 bridgehead atoms. The summed E-state index contributed by atoms with van der Waals surface area (Å²) in [6.07, 6.45) is 1.80. The average Bonchev–Trinajstić information content (AvgIpc) is 2.29. The molecule has 1 unspecified atom stereocenters. The number of hydrogen-bond donors (Lipinski definition) is 1. The van der Waals surface area contributed by atoms with E-state index in [1.54, 1.807) is 0 Å². The van der Waals surface area contributed by atoms with Gasteiger partial charge in [0.2, 0.25) is 5.91 Å². The van der Waals surface area contributed by atoms with Crippen molar-refractivity contribution in [1.29, 1.82) is 0 Å². The topological polar surface area (TPSA) is 64.8 Å². The molecule has 1 atom stereocenters. The maximum atomic E-state index is 12.3. The molecule has 5 nitrogen and oxygen atoms in total. The quantitative estimate of drug-likeness (QED) is 0.796. The number of carbonyl (C=O) groups is 1. The van der Waals surface area contributed by atoms with Crippen molar-refractivity contribution >= 4 is 5.91 Å². The predicted octanol–water partition coefficient (Wildman–Crippen LogP) is 1.51. The van der Waals surface area contributed by atoms with Crippen molar-refractivity contribution < 1.29 is 14.3 Å². The standard InChI is InChI=1S/C14H28N2O3/c1-5-16(6-2)12(17)11-14(7-9-15)8-10-18-13(3,4)19-14/h5-11,15H2,1-4H3. The van der Waals surface area contributed by atoms with Crippen molar-refractivity contribution in [3.63, 3.8) is 0 Å². The van der Waals surface area contributed by atoms with Crippen LogP contribution in [0.1, 0.15) is 47.0 Å². The summed E-state index contributed by atoms with van der Waals surface area (Å²) in [6.45, 7) is 10.3. The third kappa shape index (κ3) is 4.44. The molecule has 0 spiro atoms. The Morgan fingerprint density at radius 3 is 2.42 bits per heavy atom. The first-order valence-electron chi connectivity index (χ1n) is 7.20. The Morgan fingerprint density at radius 1 is 1.32 bits per heavy atom. The molecule has 0 aromatic carbocycles. The highest BCUT2D eigenvalue weighted by Crippen LogP contribution is 2.36. The number of rotatable bonds is 6. The van der Waals surface area contributed by atoms with Crippen LogP contribution in [0, 0.1) is 0 Å². The lowest BCUT2D eigenvalue weighted by Crippen LogP contribution is -2.52. The zero-order valence-corrected chi connectivity index (χ0v) is 12.7. The lowest BCUT2D eigenvalue weighted by Gasteiger charge is -2.45. The SMILES string of the molecule is CCN(CC)C(=O)CC1(CCN)CCOC(C)(C)O1. The Morgan fingerprint density at radius 2 is 1.95 bits per heavy atom. The van der Waals surface area contributed by atoms with Crippen LogP contribution < -0.4 is 5.73 Å². The van der Waals surface area contributed by atoms with Crippen molar-refractivity contribution in [2.45, 2.75) is 58.3 Å². The molecule has 0 radical (unpaired) electrons. The Bertz CT molecular complexity index is 299. The van der Waals surface area contributed by atoms with Gasteiger partial charge in [0.25, 0.3) is 0 Å². The first kappa shape index (κ1) is 16.4. The molecule has 2 N–H and O–H groups in total. The van der Waals surface area contributed by atoms with Crippen LogP contribution in [0.5, 0.6) is 0 Å². The minimum absolute atomic E-state index is 0.135. The van der Waals surface area contributed by atoms with Gasteiger partial charge in [0, 0.05) is 19.5 Å². The van der Waals surface area contributed by atoms with E-state index in [9.17, 15) is 4.79 Å². The number of carbonyl (C=O) groups excluding carboxylic acids is 1. The zero-order valence-electron chi connectivity index (χ0n) is 12.7. The molecule has 1 heterocycles. The smallest absolute Gasteiger partial charge is 0.225 e. The predicted molar refractivity (Wildman–Crippen MR) is 74.7 cm³/mol. The van der Waals surface area contributed by atoms with Crippen LogP contribution in [-0.2, 0) is 14.3 Å². The summed E-state index contributed by atoms with van der Waals surface area (Å²) in [5.74, 6) is -0.507. The molecule has 0 aromatic heterocycles. The van der Waals surface area contributed by atoms with Crippen molar-refractivity contribution in [2.75, 3.05) is 26.2 Å². The van der Waals surface area contributed by atoms with E-state index in [1.807, 2.05) is 32.6 Å². The fourth-order valence-electron chi connectivity index (χ4n) is 2.70. The monoisotopic (exact) mass is 272 g/mol. The Hall–Kier alpha value is -0.650. The molecule has 112 valence electrons. The molecule has 19 heavy (non-hydrogen) atoms. The second-order valence-corrected chi connectivity index (χ2v) is 5.56. The van der Waals surface area contributed by atoms with Crippen LogP contribution >= 0.6 is 0 Å². The highest BCUT2D eigenvalue weighted by atomic mass is 16.7. The van der Waals surface area contributed by atoms with Gasteiger partial charge in [-0.15, -0.1) is 0 Å². The number of amides is 1. The normalized spacial score (nSPS) is 26.2. The highest BCUT2D eigenvalue weighted by Gasteiger charge is 2.43. The summed E-state index contributed by atoms with van der Waals surface area (Å²) in [4.78, 5) is 14.2. The maximum absolute atomic E-state index is 12.3. The molecule has 1 rings (SSSR count). The van der Waals surface area contributed by atoms with E-state index < -0.39 is 11.4 Å². The first-order chi connectivity index (χ1) is 8.88. The van der Waals surface area contributed by atoms with Gasteiger partial charge in [0.1, 0.15) is 0 Å². The third-order valence-electron chi connectivity index (χ3n) is 3.66. The average molecular weight is 272 g/mol. The van der Waals surface area contributed by atoms with Gasteiger partial charge in [-0.05, 0) is 40.7 Å². The van der Waals surface area contributed by atoms with E-state index in [-0.39, 0.29) is 5.91 Å². The second-order valence-electron chi connectivity index (χ2n) is 5.56. The van der Waals surface area contributed by atoms with Crippen LogP contribution in [0.2, 0.25) is 0 Å². The van der Waals surface area contributed by atoms with E-state index in [2.05, 4.69) is 0 Å². The van der Waals surface area contributed by atoms with Crippen LogP contribution in [0.3, 0.4) is 0 Å². The molecule has 5 heteroatoms. The van der Waals surface area contributed by atoms with Crippen molar-refractivity contribution in [1.82, 2.24) is 4.90 Å². The molecule has 0 aromatic rings. The van der Waals surface area contributed by atoms with E-state index in [0.717, 1.165) is 19.5 Å². The summed E-state index contributed by atoms with van der Waals surface area (Å²) in [5.41, 5.74) is 5.23. The fraction of sp³-hybridized carbons (Fsp3) is 0.929. The molecule has 0 aliphatic carbocycles. The van der Waals surface area contributed by atoms with Gasteiger partial charge in [0.05, 0.1) is 18.6 Å². The van der Waals surface area contributed by atoms with Crippen molar-refractivity contribution in [3.8, 4) is 0 Å². The van der Waals surface area contributed by atoms with E-state index in [0.29, 0.717) is 26.0 Å². The number of nitrogens with two attached hydrogens (primary N) is 1. The summed E-state index contributed by atoms with van der Waals surface area (Å²) < 4.78 is 11.6. The van der Waals surface area contributed by atoms with Crippen molar-refractivity contribution in [3.05, 3.63) is 0 Å². The molecule has 1 aliphatic rings. The van der Waals surface area contributed by atoms with Crippen LogP contribution in [0.15, 0.2) is 0 Å². The molecule has 0 saturated carbocycles. The highest BCUT2D eigenvalue weighted by molar-refractivity contribution is 5.77. The number of nitrogens with zero attached hydrogens (tertiary/aromatic N) is 1. The Kier molecular flexibility index (Phi) is 5.77. The van der Waals surface area contributed by atoms with E-state index in [1.165, 1.54) is 0 Å². The van der Waals surface area contributed by atoms with Gasteiger partial charge in [-0.2, -0.15) is 0 Å². The zero-order chi connectivity index (χ0) is 14.5. The van der Waals surface area contributed by atoms with E-state index >= 15 is 0 Å². The molecular formula is C14H28N2O3. The lowest BCUT2D eigenvalue weighted by atomic mass is 9.89. The summed E-state index contributed by atoms with van der Waals surface area (Å²) in [5, 5.41) is 0. The van der Waals surface area contributed by atoms with Crippen LogP contribution in [0.25, 0.3) is 0 Å². The third-order valence-corrected chi connectivity index (χ3v) is 3.66. The molecular weight excluding hydrogens is 244 g/mol. The molecule has 1 saturated heterocycles. The fourth-order valence-corrected chi connectivity index (χ4v) is 2.70. The van der Waals surface area contributed by atoms with E-state index in [4.69, 9.17) is 15.2 Å². The van der Waals surface area contributed by atoms with Crippen molar-refractivity contribution in [2.24, 2.45) is 5.73 Å². The van der Waals surface area contributed by atoms with Crippen LogP contribution in [0.4, 0.5) is 0 Å². The summed E-state index contributed by atoms with van der Waals surface area (Å²) in [7, 11) is 0. The lowest BCUT2D eigenvalue weighted by molar-refractivity contribution is -0.311. The summed E-state index contributed by atoms with van der Waals surface area (Å²) >= 11 is 0. The summed E-state index contributed by atoms with van der Waals surface area (Å²) in [6, 6.07) is 0. The second kappa shape index (κ2) is 6.68. The van der Waals surface area contributed by atoms with Crippen LogP contribution in [-0.4, -0.2) is 48.4 Å². The number of ether oxygens (including phenoxy) is 2. The van der Waals surface area contributed by atoms with Gasteiger partial charge >= 0.3 is 0 Å². The van der Waals surface area contributed by atoms with Gasteiger partial charge in [-0.3, -0.25) is 4.79 Å². The number of hydrogen-bond acceptors (Lipinski definition) is 4. The largest absolute Gasteiger partial charge is 0.350 e. The molecule has 1 aliphatic heterocycles. The Labute approximate surface area is 116 Å². The van der Waals surface area contributed by atoms with Gasteiger partial charge < -0.3 is 20.1 Å². The molecule has 1 fully saturated rings.